The first-order valence-corrected chi connectivity index (χ1v) is 15.7. The third-order valence-corrected chi connectivity index (χ3v) is 8.29. The van der Waals surface area contributed by atoms with Crippen LogP contribution in [0.25, 0.3) is 0 Å². The number of aryl methyl sites for hydroxylation is 1. The van der Waals surface area contributed by atoms with E-state index >= 15 is 0 Å². The Balaban J connectivity index is 1.90. The number of benzene rings is 3. The summed E-state index contributed by atoms with van der Waals surface area (Å²) >= 11 is 0. The molecule has 0 heterocycles. The summed E-state index contributed by atoms with van der Waals surface area (Å²) < 4.78 is 32.2. The van der Waals surface area contributed by atoms with Gasteiger partial charge in [-0.3, -0.25) is 13.9 Å². The third kappa shape index (κ3) is 8.82. The first kappa shape index (κ1) is 31.7. The van der Waals surface area contributed by atoms with Crippen molar-refractivity contribution >= 4 is 27.5 Å². The number of anilines is 1. The quantitative estimate of drug-likeness (QED) is 0.300. The molecule has 3 aromatic carbocycles. The van der Waals surface area contributed by atoms with Gasteiger partial charge in [-0.1, -0.05) is 54.6 Å². The molecular weight excluding hydrogens is 538 g/mol. The third-order valence-electron chi connectivity index (χ3n) is 7.11. The number of likely N-dealkylation sites (N-methyl/N-ethyl adjacent to an activating group) is 1. The molecule has 9 heteroatoms. The minimum Gasteiger partial charge on any atom is -0.497 e. The summed E-state index contributed by atoms with van der Waals surface area (Å²) in [5, 5.41) is 2.89. The van der Waals surface area contributed by atoms with Crippen molar-refractivity contribution in [2.24, 2.45) is 0 Å². The molecule has 0 radical (unpaired) electrons. The van der Waals surface area contributed by atoms with E-state index < -0.39 is 16.1 Å². The molecule has 0 saturated heterocycles. The van der Waals surface area contributed by atoms with E-state index in [1.807, 2.05) is 87.5 Å². The molecule has 0 unspecified atom stereocenters. The predicted octanol–water partition coefficient (Wildman–Crippen LogP) is 4.63. The van der Waals surface area contributed by atoms with Crippen LogP contribution in [0.1, 0.15) is 42.0 Å². The average molecular weight is 580 g/mol. The van der Waals surface area contributed by atoms with Gasteiger partial charge in [-0.2, -0.15) is 0 Å². The fraction of sp³-hybridized carbons (Fsp3) is 0.375. The molecule has 3 rings (SSSR count). The van der Waals surface area contributed by atoms with Crippen LogP contribution in [0.15, 0.2) is 72.8 Å². The molecule has 8 nitrogen and oxygen atoms in total. The second-order valence-corrected chi connectivity index (χ2v) is 12.0. The normalized spacial score (nSPS) is 11.9. The molecule has 0 aliphatic rings. The highest BCUT2D eigenvalue weighted by Crippen LogP contribution is 2.26. The van der Waals surface area contributed by atoms with Crippen molar-refractivity contribution < 1.29 is 22.7 Å². The number of nitrogens with one attached hydrogen (secondary N) is 1. The fourth-order valence-corrected chi connectivity index (χ4v) is 5.82. The van der Waals surface area contributed by atoms with Crippen LogP contribution in [0.3, 0.4) is 0 Å². The fourth-order valence-electron chi connectivity index (χ4n) is 4.80. The van der Waals surface area contributed by atoms with Crippen LogP contribution in [0, 0.1) is 13.8 Å². The van der Waals surface area contributed by atoms with Crippen molar-refractivity contribution in [1.29, 1.82) is 0 Å². The number of nitrogens with zero attached hydrogens (tertiary/aromatic N) is 2. The number of ether oxygens (including phenoxy) is 1. The molecule has 0 saturated carbocycles. The van der Waals surface area contributed by atoms with E-state index in [0.29, 0.717) is 30.8 Å². The van der Waals surface area contributed by atoms with Gasteiger partial charge in [-0.25, -0.2) is 8.42 Å². The van der Waals surface area contributed by atoms with Gasteiger partial charge in [0.25, 0.3) is 0 Å². The molecule has 0 aromatic heterocycles. The van der Waals surface area contributed by atoms with E-state index in [1.54, 1.807) is 18.1 Å². The van der Waals surface area contributed by atoms with Crippen molar-refractivity contribution in [2.45, 2.75) is 52.6 Å². The van der Waals surface area contributed by atoms with Gasteiger partial charge in [0.15, 0.2) is 0 Å². The maximum atomic E-state index is 13.9. The number of amides is 2. The van der Waals surface area contributed by atoms with Crippen LogP contribution in [-0.4, -0.2) is 57.6 Å². The van der Waals surface area contributed by atoms with Gasteiger partial charge in [0.05, 0.1) is 19.1 Å². The SMILES string of the molecule is CCNC(=O)[C@@H](Cc1ccccc1)N(Cc1cccc(OC)c1)C(=O)CCCN(c1cccc(C)c1C)S(C)(=O)=O. The smallest absolute Gasteiger partial charge is 0.243 e. The van der Waals surface area contributed by atoms with Crippen LogP contribution >= 0.6 is 0 Å². The Labute approximate surface area is 244 Å². The summed E-state index contributed by atoms with van der Waals surface area (Å²) in [5.41, 5.74) is 4.24. The van der Waals surface area contributed by atoms with E-state index in [-0.39, 0.29) is 31.3 Å². The lowest BCUT2D eigenvalue weighted by molar-refractivity contribution is -0.141. The van der Waals surface area contributed by atoms with Crippen LogP contribution in [0.2, 0.25) is 0 Å². The zero-order valence-corrected chi connectivity index (χ0v) is 25.4. The molecular formula is C32H41N3O5S. The summed E-state index contributed by atoms with van der Waals surface area (Å²) in [6, 6.07) is 21.8. The average Bonchev–Trinajstić information content (AvgIpc) is 2.95. The van der Waals surface area contributed by atoms with Gasteiger partial charge >= 0.3 is 0 Å². The van der Waals surface area contributed by atoms with Crippen LogP contribution < -0.4 is 14.4 Å². The molecule has 220 valence electrons. The lowest BCUT2D eigenvalue weighted by Crippen LogP contribution is -2.50. The molecule has 41 heavy (non-hydrogen) atoms. The van der Waals surface area contributed by atoms with E-state index in [4.69, 9.17) is 4.74 Å². The second-order valence-electron chi connectivity index (χ2n) is 10.1. The maximum absolute atomic E-state index is 13.9. The lowest BCUT2D eigenvalue weighted by atomic mass is 10.0. The molecule has 0 bridgehead atoms. The zero-order chi connectivity index (χ0) is 30.0. The molecule has 3 aromatic rings. The van der Waals surface area contributed by atoms with Crippen LogP contribution in [0.5, 0.6) is 5.75 Å². The van der Waals surface area contributed by atoms with Crippen molar-refractivity contribution in [3.63, 3.8) is 0 Å². The minimum absolute atomic E-state index is 0.0749. The number of rotatable bonds is 14. The van der Waals surface area contributed by atoms with Gasteiger partial charge in [0, 0.05) is 32.5 Å². The molecule has 1 N–H and O–H groups in total. The number of hydrogen-bond donors (Lipinski definition) is 1. The minimum atomic E-state index is -3.58. The molecule has 1 atom stereocenters. The van der Waals surface area contributed by atoms with Gasteiger partial charge in [0.2, 0.25) is 21.8 Å². The summed E-state index contributed by atoms with van der Waals surface area (Å²) in [4.78, 5) is 28.8. The highest BCUT2D eigenvalue weighted by atomic mass is 32.2. The molecule has 0 spiro atoms. The van der Waals surface area contributed by atoms with Gasteiger partial charge in [-0.05, 0) is 67.6 Å². The molecule has 0 fully saturated rings. The number of sulfonamides is 1. The Bertz CT molecular complexity index is 1430. The Kier molecular flexibility index (Phi) is 11.3. The Hall–Kier alpha value is -3.85. The number of hydrogen-bond acceptors (Lipinski definition) is 5. The van der Waals surface area contributed by atoms with Crippen LogP contribution in [0.4, 0.5) is 5.69 Å². The highest BCUT2D eigenvalue weighted by molar-refractivity contribution is 7.92. The van der Waals surface area contributed by atoms with Gasteiger partial charge in [0.1, 0.15) is 11.8 Å². The molecule has 0 aliphatic heterocycles. The predicted molar refractivity (Wildman–Crippen MR) is 164 cm³/mol. The highest BCUT2D eigenvalue weighted by Gasteiger charge is 2.30. The molecule has 2 amide bonds. The maximum Gasteiger partial charge on any atom is 0.243 e. The first-order chi connectivity index (χ1) is 19.5. The summed E-state index contributed by atoms with van der Waals surface area (Å²) in [7, 11) is -2.00. The topological polar surface area (TPSA) is 96.0 Å². The van der Waals surface area contributed by atoms with Crippen molar-refractivity contribution in [1.82, 2.24) is 10.2 Å². The standard InChI is InChI=1S/C32H41N3O5S/c1-6-33-32(37)30(22-26-14-8-7-9-15-26)34(23-27-16-11-17-28(21-27)40-4)31(36)19-12-20-35(41(5,38)39)29-18-10-13-24(2)25(29)3/h7-11,13-18,21,30H,6,12,19-20,22-23H2,1-5H3,(H,33,37)/t30-/m1/s1. The van der Waals surface area contributed by atoms with Crippen molar-refractivity contribution in [3.8, 4) is 5.75 Å². The largest absolute Gasteiger partial charge is 0.497 e. The summed E-state index contributed by atoms with van der Waals surface area (Å²) in [6.07, 6.45) is 1.89. The number of methoxy groups -OCH3 is 1. The van der Waals surface area contributed by atoms with Crippen LogP contribution in [-0.2, 0) is 32.6 Å². The van der Waals surface area contributed by atoms with Crippen molar-refractivity contribution in [3.05, 3.63) is 95.1 Å². The van der Waals surface area contributed by atoms with E-state index in [1.165, 1.54) is 10.6 Å². The Morgan fingerprint density at radius 3 is 2.29 bits per heavy atom. The van der Waals surface area contributed by atoms with Crippen molar-refractivity contribution in [2.75, 3.05) is 30.8 Å². The number of carbonyl (C=O) groups is 2. The zero-order valence-electron chi connectivity index (χ0n) is 24.6. The summed E-state index contributed by atoms with van der Waals surface area (Å²) in [5.74, 6) is 0.194. The Morgan fingerprint density at radius 2 is 1.63 bits per heavy atom. The van der Waals surface area contributed by atoms with Gasteiger partial charge in [-0.15, -0.1) is 0 Å². The van der Waals surface area contributed by atoms with E-state index in [0.717, 1.165) is 22.3 Å². The second kappa shape index (κ2) is 14.7. The Morgan fingerprint density at radius 1 is 0.951 bits per heavy atom. The summed E-state index contributed by atoms with van der Waals surface area (Å²) in [6.45, 7) is 6.46. The van der Waals surface area contributed by atoms with E-state index in [2.05, 4.69) is 5.32 Å². The molecule has 0 aliphatic carbocycles. The monoisotopic (exact) mass is 579 g/mol. The number of carbonyl (C=O) groups excluding carboxylic acids is 2. The van der Waals surface area contributed by atoms with E-state index in [9.17, 15) is 18.0 Å². The first-order valence-electron chi connectivity index (χ1n) is 13.8. The lowest BCUT2D eigenvalue weighted by Gasteiger charge is -2.32. The van der Waals surface area contributed by atoms with Gasteiger partial charge < -0.3 is 15.0 Å².